The molecule has 0 bridgehead atoms. The minimum absolute atomic E-state index is 0.170. The van der Waals surface area contributed by atoms with Gasteiger partial charge < -0.3 is 20.1 Å². The molecule has 0 saturated carbocycles. The van der Waals surface area contributed by atoms with E-state index in [1.807, 2.05) is 18.2 Å². The van der Waals surface area contributed by atoms with Gasteiger partial charge in [-0.15, -0.1) is 0 Å². The molecule has 0 aliphatic rings. The van der Waals surface area contributed by atoms with E-state index in [1.54, 1.807) is 69.7 Å². The lowest BCUT2D eigenvalue weighted by molar-refractivity contribution is 0.262. The first-order valence-electron chi connectivity index (χ1n) is 9.60. The Morgan fingerprint density at radius 2 is 1.45 bits per heavy atom. The smallest absolute Gasteiger partial charge is 0.328 e. The lowest BCUT2D eigenvalue weighted by Crippen LogP contribution is -2.20. The lowest BCUT2D eigenvalue weighted by Gasteiger charge is -2.14. The molecule has 8 heteroatoms. The Labute approximate surface area is 178 Å². The van der Waals surface area contributed by atoms with Gasteiger partial charge in [-0.25, -0.2) is 9.59 Å². The van der Waals surface area contributed by atoms with Crippen LogP contribution in [0.1, 0.15) is 0 Å². The van der Waals surface area contributed by atoms with Gasteiger partial charge in [0.1, 0.15) is 11.5 Å². The third kappa shape index (κ3) is 4.09. The summed E-state index contributed by atoms with van der Waals surface area (Å²) in [6.45, 7) is 0. The van der Waals surface area contributed by atoms with Crippen LogP contribution < -0.4 is 25.8 Å². The van der Waals surface area contributed by atoms with Crippen molar-refractivity contribution in [2.45, 2.75) is 0 Å². The number of urea groups is 1. The van der Waals surface area contributed by atoms with E-state index < -0.39 is 6.03 Å². The van der Waals surface area contributed by atoms with Crippen LogP contribution in [-0.4, -0.2) is 22.3 Å². The summed E-state index contributed by atoms with van der Waals surface area (Å²) in [7, 11) is 4.96. The van der Waals surface area contributed by atoms with Crippen LogP contribution in [0.4, 0.5) is 16.2 Å². The molecule has 0 aliphatic carbocycles. The SMILES string of the molecule is COc1ccc(Oc2cc3c(cc2NC(=O)Nc2ccccc2)n(C)c(=O)n3C)cc1. The molecule has 0 saturated heterocycles. The number of aromatic nitrogens is 2. The summed E-state index contributed by atoms with van der Waals surface area (Å²) in [5, 5.41) is 5.61. The first kappa shape index (κ1) is 20.1. The van der Waals surface area contributed by atoms with E-state index in [0.29, 0.717) is 39.7 Å². The molecule has 1 heterocycles. The number of fused-ring (bicyclic) bond motifs is 1. The molecule has 3 aromatic carbocycles. The van der Waals surface area contributed by atoms with Crippen LogP contribution in [0.3, 0.4) is 0 Å². The fourth-order valence-corrected chi connectivity index (χ4v) is 3.29. The van der Waals surface area contributed by atoms with Gasteiger partial charge in [0.05, 0.1) is 23.8 Å². The Morgan fingerprint density at radius 3 is 2.10 bits per heavy atom. The Morgan fingerprint density at radius 1 is 0.839 bits per heavy atom. The van der Waals surface area contributed by atoms with E-state index in [0.717, 1.165) is 0 Å². The molecular formula is C23H22N4O4. The van der Waals surface area contributed by atoms with Gasteiger partial charge in [0.25, 0.3) is 0 Å². The van der Waals surface area contributed by atoms with Gasteiger partial charge in [-0.05, 0) is 42.5 Å². The minimum Gasteiger partial charge on any atom is -0.497 e. The summed E-state index contributed by atoms with van der Waals surface area (Å²) in [6, 6.07) is 19.2. The number of aryl methyl sites for hydroxylation is 2. The molecular weight excluding hydrogens is 396 g/mol. The molecule has 2 amide bonds. The highest BCUT2D eigenvalue weighted by molar-refractivity contribution is 6.02. The van der Waals surface area contributed by atoms with Crippen molar-refractivity contribution in [3.05, 3.63) is 77.2 Å². The number of rotatable bonds is 5. The third-order valence-corrected chi connectivity index (χ3v) is 4.94. The predicted octanol–water partition coefficient (Wildman–Crippen LogP) is 4.32. The highest BCUT2D eigenvalue weighted by Crippen LogP contribution is 2.34. The van der Waals surface area contributed by atoms with Gasteiger partial charge >= 0.3 is 11.7 Å². The fraction of sp³-hybridized carbons (Fsp3) is 0.130. The highest BCUT2D eigenvalue weighted by atomic mass is 16.5. The Hall–Kier alpha value is -4.20. The van der Waals surface area contributed by atoms with Crippen molar-refractivity contribution in [3.8, 4) is 17.2 Å². The number of ether oxygens (including phenoxy) is 2. The average molecular weight is 418 g/mol. The Kier molecular flexibility index (Phi) is 5.36. The molecule has 158 valence electrons. The first-order chi connectivity index (χ1) is 15.0. The van der Waals surface area contributed by atoms with Gasteiger partial charge in [-0.3, -0.25) is 9.13 Å². The zero-order chi connectivity index (χ0) is 22.0. The fourth-order valence-electron chi connectivity index (χ4n) is 3.29. The van der Waals surface area contributed by atoms with Crippen LogP contribution in [0.2, 0.25) is 0 Å². The number of imidazole rings is 1. The number of carbonyl (C=O) groups excluding carboxylic acids is 1. The van der Waals surface area contributed by atoms with Crippen molar-refractivity contribution in [3.63, 3.8) is 0 Å². The maximum atomic E-state index is 12.6. The number of anilines is 2. The standard InChI is InChI=1S/C23H22N4O4/c1-26-19-13-18(25-22(28)24-15-7-5-4-6-8-15)21(14-20(19)27(2)23(26)29)31-17-11-9-16(30-3)10-12-17/h4-14H,1-3H3,(H2,24,25,28). The number of nitrogens with zero attached hydrogens (tertiary/aromatic N) is 2. The van der Waals surface area contributed by atoms with E-state index in [9.17, 15) is 9.59 Å². The van der Waals surface area contributed by atoms with E-state index in [1.165, 1.54) is 9.13 Å². The van der Waals surface area contributed by atoms with Gasteiger partial charge in [0.15, 0.2) is 5.75 Å². The number of para-hydroxylation sites is 1. The van der Waals surface area contributed by atoms with E-state index >= 15 is 0 Å². The maximum Gasteiger partial charge on any atom is 0.328 e. The van der Waals surface area contributed by atoms with Gasteiger partial charge in [0, 0.05) is 25.8 Å². The summed E-state index contributed by atoms with van der Waals surface area (Å²) in [4.78, 5) is 25.0. The van der Waals surface area contributed by atoms with Crippen molar-refractivity contribution in [2.75, 3.05) is 17.7 Å². The summed E-state index contributed by atoms with van der Waals surface area (Å²) in [6.07, 6.45) is 0. The zero-order valence-corrected chi connectivity index (χ0v) is 17.4. The second-order valence-electron chi connectivity index (χ2n) is 6.96. The van der Waals surface area contributed by atoms with Crippen molar-refractivity contribution < 1.29 is 14.3 Å². The molecule has 0 unspecified atom stereocenters. The van der Waals surface area contributed by atoms with Crippen LogP contribution in [0.25, 0.3) is 11.0 Å². The minimum atomic E-state index is -0.425. The predicted molar refractivity (Wildman–Crippen MR) is 120 cm³/mol. The number of amides is 2. The number of hydrogen-bond acceptors (Lipinski definition) is 4. The van der Waals surface area contributed by atoms with Gasteiger partial charge in [-0.1, -0.05) is 18.2 Å². The molecule has 31 heavy (non-hydrogen) atoms. The second kappa shape index (κ2) is 8.27. The molecule has 0 radical (unpaired) electrons. The maximum absolute atomic E-state index is 12.6. The van der Waals surface area contributed by atoms with E-state index in [2.05, 4.69) is 10.6 Å². The van der Waals surface area contributed by atoms with Crippen LogP contribution >= 0.6 is 0 Å². The monoisotopic (exact) mass is 418 g/mol. The highest BCUT2D eigenvalue weighted by Gasteiger charge is 2.16. The van der Waals surface area contributed by atoms with Crippen LogP contribution in [0, 0.1) is 0 Å². The van der Waals surface area contributed by atoms with Gasteiger partial charge in [0.2, 0.25) is 0 Å². The second-order valence-corrected chi connectivity index (χ2v) is 6.96. The molecule has 0 spiro atoms. The average Bonchev–Trinajstić information content (AvgIpc) is 2.98. The van der Waals surface area contributed by atoms with Crippen molar-refractivity contribution in [1.29, 1.82) is 0 Å². The molecule has 8 nitrogen and oxygen atoms in total. The topological polar surface area (TPSA) is 86.5 Å². The van der Waals surface area contributed by atoms with E-state index in [4.69, 9.17) is 9.47 Å². The number of nitrogens with one attached hydrogen (secondary N) is 2. The molecule has 0 aliphatic heterocycles. The first-order valence-corrected chi connectivity index (χ1v) is 9.60. The Bertz CT molecular complexity index is 1290. The van der Waals surface area contributed by atoms with Gasteiger partial charge in [-0.2, -0.15) is 0 Å². The van der Waals surface area contributed by atoms with Crippen molar-refractivity contribution in [1.82, 2.24) is 9.13 Å². The summed E-state index contributed by atoms with van der Waals surface area (Å²) in [5.74, 6) is 1.67. The van der Waals surface area contributed by atoms with Crippen molar-refractivity contribution in [2.24, 2.45) is 14.1 Å². The summed E-state index contributed by atoms with van der Waals surface area (Å²) >= 11 is 0. The summed E-state index contributed by atoms with van der Waals surface area (Å²) < 4.78 is 14.3. The van der Waals surface area contributed by atoms with Crippen LogP contribution in [0.15, 0.2) is 71.5 Å². The Balaban J connectivity index is 1.71. The molecule has 4 rings (SSSR count). The molecule has 0 fully saturated rings. The molecule has 2 N–H and O–H groups in total. The molecule has 4 aromatic rings. The number of carbonyl (C=O) groups is 1. The number of hydrogen-bond donors (Lipinski definition) is 2. The normalized spacial score (nSPS) is 10.7. The zero-order valence-electron chi connectivity index (χ0n) is 17.4. The lowest BCUT2D eigenvalue weighted by atomic mass is 10.2. The van der Waals surface area contributed by atoms with Crippen LogP contribution in [-0.2, 0) is 14.1 Å². The van der Waals surface area contributed by atoms with Crippen molar-refractivity contribution >= 4 is 28.4 Å². The van der Waals surface area contributed by atoms with Crippen LogP contribution in [0.5, 0.6) is 17.2 Å². The number of methoxy groups -OCH3 is 1. The third-order valence-electron chi connectivity index (χ3n) is 4.94. The number of benzene rings is 3. The molecule has 0 atom stereocenters. The quantitative estimate of drug-likeness (QED) is 0.505. The largest absolute Gasteiger partial charge is 0.497 e. The van der Waals surface area contributed by atoms with E-state index in [-0.39, 0.29) is 5.69 Å². The summed E-state index contributed by atoms with van der Waals surface area (Å²) in [5.41, 5.74) is 2.27. The molecule has 1 aromatic heterocycles.